The number of rotatable bonds is 5. The van der Waals surface area contributed by atoms with Gasteiger partial charge in [0.25, 0.3) is 0 Å². The van der Waals surface area contributed by atoms with Crippen LogP contribution in [-0.2, 0) is 12.0 Å². The maximum Gasteiger partial charge on any atom is 0.0981 e. The van der Waals surface area contributed by atoms with Gasteiger partial charge in [0.1, 0.15) is 0 Å². The molecular formula is C14H26N2OS. The van der Waals surface area contributed by atoms with Gasteiger partial charge in [0.2, 0.25) is 0 Å². The third kappa shape index (κ3) is 4.67. The van der Waals surface area contributed by atoms with E-state index in [1.165, 1.54) is 9.88 Å². The molecule has 1 heterocycles. The summed E-state index contributed by atoms with van der Waals surface area (Å²) in [7, 11) is 0. The van der Waals surface area contributed by atoms with E-state index in [0.717, 1.165) is 6.54 Å². The number of nitrogens with zero attached hydrogens (tertiary/aromatic N) is 2. The Morgan fingerprint density at radius 2 is 1.94 bits per heavy atom. The molecule has 104 valence electrons. The molecule has 0 aliphatic rings. The van der Waals surface area contributed by atoms with E-state index in [1.807, 2.05) is 13.1 Å². The maximum atomic E-state index is 9.53. The fourth-order valence-corrected chi connectivity index (χ4v) is 2.72. The third-order valence-electron chi connectivity index (χ3n) is 2.78. The highest BCUT2D eigenvalue weighted by Gasteiger charge is 2.19. The Bertz CT molecular complexity index is 366. The molecule has 0 spiro atoms. The molecule has 0 amide bonds. The first-order valence-corrected chi connectivity index (χ1v) is 7.39. The first kappa shape index (κ1) is 15.6. The summed E-state index contributed by atoms with van der Waals surface area (Å²) < 4.78 is 0. The topological polar surface area (TPSA) is 36.4 Å². The van der Waals surface area contributed by atoms with Crippen molar-refractivity contribution in [1.29, 1.82) is 0 Å². The molecule has 0 aliphatic carbocycles. The molecule has 0 fully saturated rings. The van der Waals surface area contributed by atoms with E-state index in [9.17, 15) is 5.11 Å². The highest BCUT2D eigenvalue weighted by Crippen LogP contribution is 2.27. The molecule has 3 nitrogen and oxygen atoms in total. The average Bonchev–Trinajstić information content (AvgIpc) is 2.63. The fraction of sp³-hybridized carbons (Fsp3) is 0.786. The Morgan fingerprint density at radius 1 is 1.33 bits per heavy atom. The predicted molar refractivity (Wildman–Crippen MR) is 78.0 cm³/mol. The van der Waals surface area contributed by atoms with Crippen molar-refractivity contribution >= 4 is 11.3 Å². The molecule has 1 N–H and O–H groups in total. The Hall–Kier alpha value is -0.450. The number of thiazole rings is 1. The van der Waals surface area contributed by atoms with Crippen molar-refractivity contribution in [2.75, 3.05) is 6.54 Å². The monoisotopic (exact) mass is 270 g/mol. The summed E-state index contributed by atoms with van der Waals surface area (Å²) >= 11 is 1.78. The zero-order chi connectivity index (χ0) is 13.9. The largest absolute Gasteiger partial charge is 0.392 e. The lowest BCUT2D eigenvalue weighted by Crippen LogP contribution is -2.35. The minimum atomic E-state index is -0.289. The van der Waals surface area contributed by atoms with E-state index in [4.69, 9.17) is 0 Å². The van der Waals surface area contributed by atoms with Crippen molar-refractivity contribution in [2.45, 2.75) is 65.6 Å². The maximum absolute atomic E-state index is 9.53. The molecule has 1 aromatic heterocycles. The molecule has 18 heavy (non-hydrogen) atoms. The smallest absolute Gasteiger partial charge is 0.0981 e. The molecule has 0 saturated carbocycles. The van der Waals surface area contributed by atoms with Crippen LogP contribution in [0.3, 0.4) is 0 Å². The second kappa shape index (κ2) is 6.13. The highest BCUT2D eigenvalue weighted by molar-refractivity contribution is 7.11. The molecule has 1 atom stereocenters. The van der Waals surface area contributed by atoms with Crippen LogP contribution in [0.1, 0.15) is 51.4 Å². The molecule has 1 rings (SSSR count). The molecule has 0 saturated heterocycles. The fourth-order valence-electron chi connectivity index (χ4n) is 1.72. The van der Waals surface area contributed by atoms with E-state index in [-0.39, 0.29) is 11.5 Å². The van der Waals surface area contributed by atoms with Gasteiger partial charge in [-0.2, -0.15) is 0 Å². The van der Waals surface area contributed by atoms with Crippen molar-refractivity contribution in [3.05, 3.63) is 16.1 Å². The lowest BCUT2D eigenvalue weighted by molar-refractivity contribution is 0.103. The number of aliphatic hydroxyl groups excluding tert-OH is 1. The summed E-state index contributed by atoms with van der Waals surface area (Å²) in [4.78, 5) is 8.06. The van der Waals surface area contributed by atoms with E-state index in [0.29, 0.717) is 12.6 Å². The summed E-state index contributed by atoms with van der Waals surface area (Å²) in [5, 5.41) is 10.7. The predicted octanol–water partition coefficient (Wildman–Crippen LogP) is 3.03. The standard InChI is InChI=1S/C14H26N2OS/c1-10(2)16(8-11(3)17)9-12-7-15-13(18-12)14(4,5)6/h7,10-11,17H,8-9H2,1-6H3. The van der Waals surface area contributed by atoms with Crippen LogP contribution < -0.4 is 0 Å². The molecule has 0 bridgehead atoms. The van der Waals surface area contributed by atoms with Gasteiger partial charge in [0, 0.05) is 35.6 Å². The van der Waals surface area contributed by atoms with Crippen LogP contribution in [0.5, 0.6) is 0 Å². The molecular weight excluding hydrogens is 244 g/mol. The number of aromatic nitrogens is 1. The average molecular weight is 270 g/mol. The van der Waals surface area contributed by atoms with Gasteiger partial charge < -0.3 is 5.11 Å². The van der Waals surface area contributed by atoms with Crippen molar-refractivity contribution in [3.8, 4) is 0 Å². The third-order valence-corrected chi connectivity index (χ3v) is 4.19. The van der Waals surface area contributed by atoms with E-state index in [1.54, 1.807) is 11.3 Å². The number of hydrogen-bond acceptors (Lipinski definition) is 4. The van der Waals surface area contributed by atoms with Crippen LogP contribution in [-0.4, -0.2) is 33.7 Å². The van der Waals surface area contributed by atoms with Crippen LogP contribution in [0.25, 0.3) is 0 Å². The van der Waals surface area contributed by atoms with Gasteiger partial charge in [-0.05, 0) is 20.8 Å². The molecule has 0 radical (unpaired) electrons. The van der Waals surface area contributed by atoms with Gasteiger partial charge in [-0.1, -0.05) is 20.8 Å². The molecule has 0 aliphatic heterocycles. The van der Waals surface area contributed by atoms with Crippen molar-refractivity contribution in [1.82, 2.24) is 9.88 Å². The normalized spacial score (nSPS) is 14.5. The minimum absolute atomic E-state index is 0.121. The quantitative estimate of drug-likeness (QED) is 0.893. The Kier molecular flexibility index (Phi) is 5.32. The van der Waals surface area contributed by atoms with Gasteiger partial charge in [-0.15, -0.1) is 11.3 Å². The lowest BCUT2D eigenvalue weighted by Gasteiger charge is -2.26. The van der Waals surface area contributed by atoms with Gasteiger partial charge in [-0.25, -0.2) is 4.98 Å². The molecule has 1 aromatic rings. The molecule has 0 aromatic carbocycles. The van der Waals surface area contributed by atoms with Crippen LogP contribution in [0.4, 0.5) is 0 Å². The molecule has 4 heteroatoms. The zero-order valence-electron chi connectivity index (χ0n) is 12.4. The first-order chi connectivity index (χ1) is 8.20. The van der Waals surface area contributed by atoms with Crippen LogP contribution >= 0.6 is 11.3 Å². The van der Waals surface area contributed by atoms with Crippen LogP contribution in [0.15, 0.2) is 6.20 Å². The van der Waals surface area contributed by atoms with Crippen LogP contribution in [0.2, 0.25) is 0 Å². The number of hydrogen-bond donors (Lipinski definition) is 1. The summed E-state index contributed by atoms with van der Waals surface area (Å²) in [5.41, 5.74) is 0.121. The first-order valence-electron chi connectivity index (χ1n) is 6.57. The van der Waals surface area contributed by atoms with Crippen molar-refractivity contribution in [2.24, 2.45) is 0 Å². The lowest BCUT2D eigenvalue weighted by atomic mass is 9.98. The summed E-state index contributed by atoms with van der Waals surface area (Å²) in [6.07, 6.45) is 1.69. The van der Waals surface area contributed by atoms with Gasteiger partial charge in [0.05, 0.1) is 11.1 Å². The van der Waals surface area contributed by atoms with Gasteiger partial charge in [0.15, 0.2) is 0 Å². The Balaban J connectivity index is 2.73. The van der Waals surface area contributed by atoms with Crippen LogP contribution in [0, 0.1) is 0 Å². The SMILES string of the molecule is CC(O)CN(Cc1cnc(C(C)(C)C)s1)C(C)C. The van der Waals surface area contributed by atoms with Gasteiger partial charge >= 0.3 is 0 Å². The summed E-state index contributed by atoms with van der Waals surface area (Å²) in [6.45, 7) is 14.3. The van der Waals surface area contributed by atoms with Crippen molar-refractivity contribution < 1.29 is 5.11 Å². The Morgan fingerprint density at radius 3 is 2.33 bits per heavy atom. The van der Waals surface area contributed by atoms with Gasteiger partial charge in [-0.3, -0.25) is 4.90 Å². The molecule has 1 unspecified atom stereocenters. The van der Waals surface area contributed by atoms with E-state index in [2.05, 4.69) is 44.5 Å². The summed E-state index contributed by atoms with van der Waals surface area (Å²) in [6, 6.07) is 0.430. The second-order valence-electron chi connectivity index (χ2n) is 6.25. The van der Waals surface area contributed by atoms with Crippen molar-refractivity contribution in [3.63, 3.8) is 0 Å². The number of aliphatic hydroxyl groups is 1. The van der Waals surface area contributed by atoms with E-state index < -0.39 is 0 Å². The summed E-state index contributed by atoms with van der Waals surface area (Å²) in [5.74, 6) is 0. The highest BCUT2D eigenvalue weighted by atomic mass is 32.1. The Labute approximate surface area is 115 Å². The second-order valence-corrected chi connectivity index (χ2v) is 7.37. The van der Waals surface area contributed by atoms with E-state index >= 15 is 0 Å². The zero-order valence-corrected chi connectivity index (χ0v) is 13.2. The minimum Gasteiger partial charge on any atom is -0.392 e.